The molecule has 0 spiro atoms. The summed E-state index contributed by atoms with van der Waals surface area (Å²) in [4.78, 5) is 2.34. The van der Waals surface area contributed by atoms with Gasteiger partial charge in [-0.3, -0.25) is 0 Å². The largest absolute Gasteiger partial charge is 0.389 e. The Morgan fingerprint density at radius 2 is 2.20 bits per heavy atom. The van der Waals surface area contributed by atoms with E-state index in [0.717, 1.165) is 25.1 Å². The summed E-state index contributed by atoms with van der Waals surface area (Å²) in [6.45, 7) is 0.771. The molecule has 1 aliphatic rings. The number of rotatable bonds is 5. The number of thiophene rings is 1. The van der Waals surface area contributed by atoms with Crippen molar-refractivity contribution >= 4 is 34.2 Å². The second-order valence-electron chi connectivity index (χ2n) is 4.99. The summed E-state index contributed by atoms with van der Waals surface area (Å²) >= 11 is 6.70. The van der Waals surface area contributed by atoms with Crippen molar-refractivity contribution in [3.05, 3.63) is 52.0 Å². The first-order valence-corrected chi connectivity index (χ1v) is 7.88. The average molecular weight is 306 g/mol. The Hall–Kier alpha value is -1.46. The van der Waals surface area contributed by atoms with Crippen LogP contribution in [-0.2, 0) is 6.54 Å². The minimum atomic E-state index is -0.342. The van der Waals surface area contributed by atoms with Crippen LogP contribution in [-0.4, -0.2) is 11.0 Å². The van der Waals surface area contributed by atoms with Crippen LogP contribution in [0.4, 0.5) is 10.1 Å². The average Bonchev–Trinajstić information content (AvgIpc) is 3.12. The van der Waals surface area contributed by atoms with Gasteiger partial charge in [-0.2, -0.15) is 11.3 Å². The number of benzene rings is 1. The maximum absolute atomic E-state index is 14.0. The molecule has 2 N–H and O–H groups in total. The van der Waals surface area contributed by atoms with Crippen LogP contribution in [0.25, 0.3) is 0 Å². The first kappa shape index (κ1) is 13.5. The summed E-state index contributed by atoms with van der Waals surface area (Å²) < 4.78 is 14.0. The maximum atomic E-state index is 14.0. The SMILES string of the molecule is NC(=S)c1c(F)cccc1N(Cc1ccsc1)C1CC1. The number of nitrogens with two attached hydrogens (primary N) is 1. The summed E-state index contributed by atoms with van der Waals surface area (Å²) in [6, 6.07) is 7.59. The first-order chi connectivity index (χ1) is 9.66. The molecule has 1 heterocycles. The van der Waals surface area contributed by atoms with Crippen LogP contribution in [0.5, 0.6) is 0 Å². The number of anilines is 1. The number of hydrogen-bond donors (Lipinski definition) is 1. The Labute approximate surface area is 127 Å². The highest BCUT2D eigenvalue weighted by atomic mass is 32.1. The van der Waals surface area contributed by atoms with Crippen molar-refractivity contribution in [3.63, 3.8) is 0 Å². The third-order valence-corrected chi connectivity index (χ3v) is 4.40. The third-order valence-electron chi connectivity index (χ3n) is 3.47. The molecule has 2 aromatic rings. The smallest absolute Gasteiger partial charge is 0.135 e. The molecule has 104 valence electrons. The van der Waals surface area contributed by atoms with Crippen molar-refractivity contribution in [2.24, 2.45) is 5.73 Å². The van der Waals surface area contributed by atoms with E-state index in [1.54, 1.807) is 17.4 Å². The van der Waals surface area contributed by atoms with E-state index in [9.17, 15) is 4.39 Å². The Bertz CT molecular complexity index is 621. The van der Waals surface area contributed by atoms with E-state index in [1.807, 2.05) is 6.07 Å². The van der Waals surface area contributed by atoms with Gasteiger partial charge in [0, 0.05) is 12.6 Å². The van der Waals surface area contributed by atoms with Crippen LogP contribution in [0.15, 0.2) is 35.0 Å². The zero-order valence-electron chi connectivity index (χ0n) is 10.9. The summed E-state index contributed by atoms with van der Waals surface area (Å²) in [7, 11) is 0. The number of thiocarbonyl (C=S) groups is 1. The van der Waals surface area contributed by atoms with Gasteiger partial charge in [0.1, 0.15) is 10.8 Å². The minimum Gasteiger partial charge on any atom is -0.389 e. The Kier molecular flexibility index (Phi) is 3.72. The molecule has 5 heteroatoms. The lowest BCUT2D eigenvalue weighted by atomic mass is 10.1. The molecule has 1 fully saturated rings. The zero-order chi connectivity index (χ0) is 14.1. The van der Waals surface area contributed by atoms with Crippen molar-refractivity contribution < 1.29 is 4.39 Å². The van der Waals surface area contributed by atoms with Gasteiger partial charge in [-0.15, -0.1) is 0 Å². The minimum absolute atomic E-state index is 0.120. The zero-order valence-corrected chi connectivity index (χ0v) is 12.5. The van der Waals surface area contributed by atoms with Gasteiger partial charge in [-0.25, -0.2) is 4.39 Å². The molecular weight excluding hydrogens is 291 g/mol. The fourth-order valence-corrected chi connectivity index (χ4v) is 3.23. The molecule has 1 aromatic carbocycles. The van der Waals surface area contributed by atoms with Crippen LogP contribution >= 0.6 is 23.6 Å². The van der Waals surface area contributed by atoms with E-state index >= 15 is 0 Å². The molecule has 2 nitrogen and oxygen atoms in total. The number of halogens is 1. The van der Waals surface area contributed by atoms with E-state index in [-0.39, 0.29) is 10.8 Å². The molecule has 0 saturated heterocycles. The highest BCUT2D eigenvalue weighted by Crippen LogP contribution is 2.36. The topological polar surface area (TPSA) is 29.3 Å². The Morgan fingerprint density at radius 3 is 2.80 bits per heavy atom. The van der Waals surface area contributed by atoms with Gasteiger partial charge < -0.3 is 10.6 Å². The molecule has 0 aliphatic heterocycles. The Morgan fingerprint density at radius 1 is 1.40 bits per heavy atom. The summed E-state index contributed by atoms with van der Waals surface area (Å²) in [5, 5.41) is 4.18. The van der Waals surface area contributed by atoms with Crippen LogP contribution < -0.4 is 10.6 Å². The normalized spacial score (nSPS) is 14.2. The summed E-state index contributed by atoms with van der Waals surface area (Å²) in [5.74, 6) is -0.342. The van der Waals surface area contributed by atoms with Crippen molar-refractivity contribution in [1.29, 1.82) is 0 Å². The molecule has 1 saturated carbocycles. The summed E-state index contributed by atoms with van der Waals surface area (Å²) in [5.41, 5.74) is 8.13. The highest BCUT2D eigenvalue weighted by molar-refractivity contribution is 7.80. The molecule has 0 atom stereocenters. The van der Waals surface area contributed by atoms with Crippen molar-refractivity contribution in [2.45, 2.75) is 25.4 Å². The van der Waals surface area contributed by atoms with Gasteiger partial charge in [-0.05, 0) is 47.4 Å². The number of nitrogens with zero attached hydrogens (tertiary/aromatic N) is 1. The van der Waals surface area contributed by atoms with E-state index in [4.69, 9.17) is 18.0 Å². The second-order valence-corrected chi connectivity index (χ2v) is 6.21. The van der Waals surface area contributed by atoms with E-state index < -0.39 is 0 Å². The third kappa shape index (κ3) is 2.69. The molecule has 0 unspecified atom stereocenters. The molecule has 0 amide bonds. The lowest BCUT2D eigenvalue weighted by molar-refractivity contribution is 0.623. The fraction of sp³-hybridized carbons (Fsp3) is 0.267. The first-order valence-electron chi connectivity index (χ1n) is 6.53. The van der Waals surface area contributed by atoms with Gasteiger partial charge in [0.2, 0.25) is 0 Å². The fourth-order valence-electron chi connectivity index (χ4n) is 2.37. The molecule has 1 aromatic heterocycles. The molecule has 3 rings (SSSR count). The lowest BCUT2D eigenvalue weighted by Crippen LogP contribution is -2.28. The molecule has 0 radical (unpaired) electrons. The molecule has 0 bridgehead atoms. The second kappa shape index (κ2) is 5.50. The maximum Gasteiger partial charge on any atom is 0.135 e. The van der Waals surface area contributed by atoms with Crippen molar-refractivity contribution in [3.8, 4) is 0 Å². The van der Waals surface area contributed by atoms with E-state index in [2.05, 4.69) is 21.7 Å². The summed E-state index contributed by atoms with van der Waals surface area (Å²) in [6.07, 6.45) is 2.27. The molecular formula is C15H15FN2S2. The van der Waals surface area contributed by atoms with Gasteiger partial charge in [-0.1, -0.05) is 18.3 Å². The van der Waals surface area contributed by atoms with Gasteiger partial charge >= 0.3 is 0 Å². The van der Waals surface area contributed by atoms with Crippen LogP contribution in [0.2, 0.25) is 0 Å². The van der Waals surface area contributed by atoms with Crippen molar-refractivity contribution in [2.75, 3.05) is 4.90 Å². The predicted octanol–water partition coefficient (Wildman–Crippen LogP) is 3.69. The predicted molar refractivity (Wildman–Crippen MR) is 85.8 cm³/mol. The highest BCUT2D eigenvalue weighted by Gasteiger charge is 2.31. The Balaban J connectivity index is 1.99. The monoisotopic (exact) mass is 306 g/mol. The standard InChI is InChI=1S/C15H15FN2S2/c16-12-2-1-3-13(14(12)15(17)19)18(11-4-5-11)8-10-6-7-20-9-10/h1-3,6-7,9,11H,4-5,8H2,(H2,17,19). The van der Waals surface area contributed by atoms with Crippen LogP contribution in [0.1, 0.15) is 24.0 Å². The van der Waals surface area contributed by atoms with Crippen LogP contribution in [0, 0.1) is 5.82 Å². The lowest BCUT2D eigenvalue weighted by Gasteiger charge is -2.26. The van der Waals surface area contributed by atoms with Gasteiger partial charge in [0.05, 0.1) is 11.3 Å². The molecule has 1 aliphatic carbocycles. The van der Waals surface area contributed by atoms with E-state index in [0.29, 0.717) is 11.6 Å². The van der Waals surface area contributed by atoms with Crippen molar-refractivity contribution in [1.82, 2.24) is 0 Å². The van der Waals surface area contributed by atoms with Crippen LogP contribution in [0.3, 0.4) is 0 Å². The van der Waals surface area contributed by atoms with E-state index in [1.165, 1.54) is 11.6 Å². The van der Waals surface area contributed by atoms with Gasteiger partial charge in [0.25, 0.3) is 0 Å². The number of hydrogen-bond acceptors (Lipinski definition) is 3. The van der Waals surface area contributed by atoms with Gasteiger partial charge in [0.15, 0.2) is 0 Å². The molecule has 20 heavy (non-hydrogen) atoms. The quantitative estimate of drug-likeness (QED) is 0.854.